The first-order valence-electron chi connectivity index (χ1n) is 14.4. The zero-order chi connectivity index (χ0) is 33.4. The lowest BCUT2D eigenvalue weighted by Gasteiger charge is -2.34. The van der Waals surface area contributed by atoms with Gasteiger partial charge in [0.15, 0.2) is 0 Å². The molecule has 0 aromatic heterocycles. The summed E-state index contributed by atoms with van der Waals surface area (Å²) >= 11 is 18.6. The maximum atomic E-state index is 14.5. The normalized spacial score (nSPS) is 12.0. The molecule has 0 saturated carbocycles. The van der Waals surface area contributed by atoms with E-state index in [1.165, 1.54) is 48.4 Å². The van der Waals surface area contributed by atoms with Gasteiger partial charge in [0.25, 0.3) is 10.0 Å². The third-order valence-electron chi connectivity index (χ3n) is 7.08. The van der Waals surface area contributed by atoms with E-state index in [0.717, 1.165) is 9.87 Å². The topological polar surface area (TPSA) is 96.0 Å². The number of carbonyl (C=O) groups is 2. The smallest absolute Gasteiger partial charge is 0.264 e. The Hall–Kier alpha value is -3.76. The van der Waals surface area contributed by atoms with Crippen LogP contribution in [0, 0.1) is 0 Å². The fraction of sp³-hybridized carbons (Fsp3) is 0.235. The molecule has 1 N–H and O–H groups in total. The Kier molecular flexibility index (Phi) is 12.0. The number of nitrogens with one attached hydrogen (secondary N) is 1. The minimum Gasteiger partial charge on any atom is -0.497 e. The summed E-state index contributed by atoms with van der Waals surface area (Å²) < 4.78 is 34.5. The van der Waals surface area contributed by atoms with Crippen LogP contribution in [0.4, 0.5) is 5.69 Å². The number of hydrogen-bond donors (Lipinski definition) is 1. The molecule has 1 unspecified atom stereocenters. The van der Waals surface area contributed by atoms with E-state index < -0.39 is 28.5 Å². The molecule has 1 atom stereocenters. The summed E-state index contributed by atoms with van der Waals surface area (Å²) in [5.41, 5.74) is 1.64. The fourth-order valence-corrected chi connectivity index (χ4v) is 6.64. The van der Waals surface area contributed by atoms with Gasteiger partial charge in [-0.05, 0) is 85.6 Å². The van der Waals surface area contributed by atoms with Crippen LogP contribution in [-0.4, -0.2) is 50.9 Å². The molecular formula is C34H34Cl3N3O5S. The summed E-state index contributed by atoms with van der Waals surface area (Å²) in [4.78, 5) is 29.6. The molecule has 0 aliphatic heterocycles. The van der Waals surface area contributed by atoms with E-state index in [-0.39, 0.29) is 40.5 Å². The van der Waals surface area contributed by atoms with Crippen LogP contribution in [0.1, 0.15) is 25.0 Å². The molecule has 0 bridgehead atoms. The van der Waals surface area contributed by atoms with Crippen molar-refractivity contribution in [3.8, 4) is 5.75 Å². The molecule has 0 fully saturated rings. The molecule has 0 aliphatic carbocycles. The van der Waals surface area contributed by atoms with Gasteiger partial charge in [-0.1, -0.05) is 71.2 Å². The van der Waals surface area contributed by atoms with Crippen molar-refractivity contribution in [2.75, 3.05) is 18.0 Å². The van der Waals surface area contributed by atoms with Crippen LogP contribution in [-0.2, 0) is 32.6 Å². The first kappa shape index (κ1) is 35.1. The van der Waals surface area contributed by atoms with Gasteiger partial charge in [0.05, 0.1) is 27.7 Å². The van der Waals surface area contributed by atoms with Crippen LogP contribution >= 0.6 is 34.8 Å². The van der Waals surface area contributed by atoms with E-state index in [9.17, 15) is 18.0 Å². The Balaban J connectivity index is 1.81. The predicted octanol–water partition coefficient (Wildman–Crippen LogP) is 7.02. The Bertz CT molecular complexity index is 1750. The third-order valence-corrected chi connectivity index (χ3v) is 9.86. The number of rotatable bonds is 13. The number of sulfonamides is 1. The van der Waals surface area contributed by atoms with Crippen molar-refractivity contribution in [2.45, 2.75) is 43.8 Å². The molecule has 0 saturated heterocycles. The van der Waals surface area contributed by atoms with Crippen LogP contribution in [0.25, 0.3) is 0 Å². The molecule has 4 aromatic carbocycles. The van der Waals surface area contributed by atoms with Crippen LogP contribution < -0.4 is 14.4 Å². The molecule has 0 spiro atoms. The summed E-state index contributed by atoms with van der Waals surface area (Å²) in [7, 11) is -2.80. The fourth-order valence-electron chi connectivity index (χ4n) is 4.78. The van der Waals surface area contributed by atoms with E-state index in [1.807, 2.05) is 44.2 Å². The molecule has 0 radical (unpaired) electrons. The lowest BCUT2D eigenvalue weighted by molar-refractivity contribution is -0.140. The minimum absolute atomic E-state index is 0.0459. The van der Waals surface area contributed by atoms with Crippen molar-refractivity contribution in [1.82, 2.24) is 10.2 Å². The van der Waals surface area contributed by atoms with Crippen molar-refractivity contribution in [3.63, 3.8) is 0 Å². The van der Waals surface area contributed by atoms with E-state index in [0.29, 0.717) is 21.4 Å². The number of methoxy groups -OCH3 is 1. The molecule has 242 valence electrons. The zero-order valence-corrected chi connectivity index (χ0v) is 28.6. The van der Waals surface area contributed by atoms with Crippen molar-refractivity contribution in [3.05, 3.63) is 123 Å². The van der Waals surface area contributed by atoms with E-state index in [4.69, 9.17) is 39.5 Å². The van der Waals surface area contributed by atoms with Gasteiger partial charge in [-0.25, -0.2) is 8.42 Å². The van der Waals surface area contributed by atoms with Gasteiger partial charge < -0.3 is 15.0 Å². The molecule has 8 nitrogen and oxygen atoms in total. The van der Waals surface area contributed by atoms with Crippen molar-refractivity contribution < 1.29 is 22.7 Å². The minimum atomic E-state index is -4.28. The van der Waals surface area contributed by atoms with Crippen molar-refractivity contribution >= 4 is 62.3 Å². The van der Waals surface area contributed by atoms with Crippen LogP contribution in [0.15, 0.2) is 102 Å². The third kappa shape index (κ3) is 8.94. The second kappa shape index (κ2) is 15.7. The Morgan fingerprint density at radius 2 is 1.48 bits per heavy atom. The average molecular weight is 703 g/mol. The van der Waals surface area contributed by atoms with Crippen molar-refractivity contribution in [1.29, 1.82) is 0 Å². The number of ether oxygens (including phenoxy) is 1. The molecule has 46 heavy (non-hydrogen) atoms. The molecule has 0 aliphatic rings. The average Bonchev–Trinajstić information content (AvgIpc) is 3.03. The van der Waals surface area contributed by atoms with Crippen LogP contribution in [0.2, 0.25) is 15.1 Å². The first-order chi connectivity index (χ1) is 21.9. The van der Waals surface area contributed by atoms with Gasteiger partial charge in [-0.15, -0.1) is 0 Å². The van der Waals surface area contributed by atoms with E-state index in [1.54, 1.807) is 30.3 Å². The highest BCUT2D eigenvalue weighted by Gasteiger charge is 2.35. The van der Waals surface area contributed by atoms with Gasteiger partial charge in [0.2, 0.25) is 11.8 Å². The second-order valence-electron chi connectivity index (χ2n) is 10.8. The highest BCUT2D eigenvalue weighted by atomic mass is 35.5. The van der Waals surface area contributed by atoms with Crippen LogP contribution in [0.3, 0.4) is 0 Å². The highest BCUT2D eigenvalue weighted by molar-refractivity contribution is 7.92. The van der Waals surface area contributed by atoms with E-state index >= 15 is 0 Å². The SMILES string of the molecule is COc1ccc(S(=O)(=O)N(CC(=O)N(Cc2ccc(Cl)c(Cl)c2)C(Cc2ccccc2)C(=O)NC(C)C)c2ccc(Cl)cc2)cc1. The largest absolute Gasteiger partial charge is 0.497 e. The Morgan fingerprint density at radius 1 is 0.826 bits per heavy atom. The maximum Gasteiger partial charge on any atom is 0.264 e. The van der Waals surface area contributed by atoms with Gasteiger partial charge in [0, 0.05) is 24.0 Å². The number of amides is 2. The molecule has 4 aromatic rings. The lowest BCUT2D eigenvalue weighted by Crippen LogP contribution is -2.54. The monoisotopic (exact) mass is 701 g/mol. The molecule has 4 rings (SSSR count). The number of benzene rings is 4. The van der Waals surface area contributed by atoms with Gasteiger partial charge >= 0.3 is 0 Å². The number of hydrogen-bond acceptors (Lipinski definition) is 5. The van der Waals surface area contributed by atoms with E-state index in [2.05, 4.69) is 5.32 Å². The summed E-state index contributed by atoms with van der Waals surface area (Å²) in [6.45, 7) is 2.99. The number of anilines is 1. The Labute approximate surface area is 284 Å². The van der Waals surface area contributed by atoms with Crippen LogP contribution in [0.5, 0.6) is 5.75 Å². The summed E-state index contributed by atoms with van der Waals surface area (Å²) in [5, 5.41) is 3.93. The number of nitrogens with zero attached hydrogens (tertiary/aromatic N) is 2. The summed E-state index contributed by atoms with van der Waals surface area (Å²) in [5.74, 6) is -0.526. The lowest BCUT2D eigenvalue weighted by atomic mass is 10.0. The predicted molar refractivity (Wildman–Crippen MR) is 183 cm³/mol. The molecule has 0 heterocycles. The highest BCUT2D eigenvalue weighted by Crippen LogP contribution is 2.28. The summed E-state index contributed by atoms with van der Waals surface area (Å²) in [6.07, 6.45) is 0.179. The van der Waals surface area contributed by atoms with Gasteiger partial charge in [-0.2, -0.15) is 0 Å². The molecular weight excluding hydrogens is 669 g/mol. The maximum absolute atomic E-state index is 14.5. The number of halogens is 3. The van der Waals surface area contributed by atoms with Crippen molar-refractivity contribution in [2.24, 2.45) is 0 Å². The molecule has 2 amide bonds. The van der Waals surface area contributed by atoms with Gasteiger partial charge in [0.1, 0.15) is 18.3 Å². The van der Waals surface area contributed by atoms with Gasteiger partial charge in [-0.3, -0.25) is 13.9 Å². The standard InChI is InChI=1S/C34H34Cl3N3O5S/c1-23(2)38-34(42)32(20-24-7-5-4-6-8-24)39(21-25-9-18-30(36)31(37)19-25)33(41)22-40(27-12-10-26(35)11-13-27)46(43,44)29-16-14-28(45-3)15-17-29/h4-19,23,32H,20-22H2,1-3H3,(H,38,42). The zero-order valence-electron chi connectivity index (χ0n) is 25.5. The first-order valence-corrected chi connectivity index (χ1v) is 17.0. The Morgan fingerprint density at radius 3 is 2.07 bits per heavy atom. The summed E-state index contributed by atoms with van der Waals surface area (Å²) in [6, 6.07) is 25.0. The molecule has 12 heteroatoms. The number of carbonyl (C=O) groups excluding carboxylic acids is 2. The quantitative estimate of drug-likeness (QED) is 0.162. The second-order valence-corrected chi connectivity index (χ2v) is 13.9.